The van der Waals surface area contributed by atoms with Gasteiger partial charge in [-0.1, -0.05) is 30.2 Å². The van der Waals surface area contributed by atoms with Crippen LogP contribution in [0.25, 0.3) is 11.3 Å². The van der Waals surface area contributed by atoms with Crippen molar-refractivity contribution in [1.29, 1.82) is 0 Å². The van der Waals surface area contributed by atoms with E-state index in [9.17, 15) is 0 Å². The summed E-state index contributed by atoms with van der Waals surface area (Å²) in [6.07, 6.45) is 7.49. The number of hydrogen-bond donors (Lipinski definition) is 1. The molecule has 4 heteroatoms. The third-order valence-electron chi connectivity index (χ3n) is 4.07. The molecule has 0 bridgehead atoms. The van der Waals surface area contributed by atoms with Gasteiger partial charge in [0.15, 0.2) is 0 Å². The van der Waals surface area contributed by atoms with Gasteiger partial charge in [0.2, 0.25) is 0 Å². The number of nitrogens with two attached hydrogens (primary N) is 1. The summed E-state index contributed by atoms with van der Waals surface area (Å²) in [7, 11) is 0. The average Bonchev–Trinajstić information content (AvgIpc) is 3.06. The molecule has 1 fully saturated rings. The SMILES string of the molecule is NCC1CCCC1n1cncc1-c1cccc(Cl)c1. The van der Waals surface area contributed by atoms with Crippen LogP contribution < -0.4 is 5.73 Å². The molecule has 2 atom stereocenters. The van der Waals surface area contributed by atoms with E-state index in [-0.39, 0.29) is 0 Å². The molecule has 1 aliphatic carbocycles. The van der Waals surface area contributed by atoms with E-state index in [1.54, 1.807) is 0 Å². The molecule has 3 nitrogen and oxygen atoms in total. The lowest BCUT2D eigenvalue weighted by molar-refractivity contribution is 0.390. The maximum absolute atomic E-state index is 6.08. The third-order valence-corrected chi connectivity index (χ3v) is 4.30. The highest BCUT2D eigenvalue weighted by Crippen LogP contribution is 2.37. The summed E-state index contributed by atoms with van der Waals surface area (Å²) in [6, 6.07) is 8.41. The summed E-state index contributed by atoms with van der Waals surface area (Å²) >= 11 is 6.08. The quantitative estimate of drug-likeness (QED) is 0.932. The Balaban J connectivity index is 1.98. The van der Waals surface area contributed by atoms with Crippen LogP contribution in [0.3, 0.4) is 0 Å². The first-order valence-electron chi connectivity index (χ1n) is 6.77. The minimum Gasteiger partial charge on any atom is -0.330 e. The summed E-state index contributed by atoms with van der Waals surface area (Å²) in [5.74, 6) is 0.562. The molecule has 3 rings (SSSR count). The predicted molar refractivity (Wildman–Crippen MR) is 78.1 cm³/mol. The minimum absolute atomic E-state index is 0.474. The van der Waals surface area contributed by atoms with Gasteiger partial charge in [-0.2, -0.15) is 0 Å². The normalized spacial score (nSPS) is 22.8. The first-order chi connectivity index (χ1) is 9.29. The second-order valence-corrected chi connectivity index (χ2v) is 5.63. The number of imidazole rings is 1. The zero-order valence-corrected chi connectivity index (χ0v) is 11.6. The van der Waals surface area contributed by atoms with Crippen LogP contribution in [-0.4, -0.2) is 16.1 Å². The van der Waals surface area contributed by atoms with E-state index in [4.69, 9.17) is 17.3 Å². The van der Waals surface area contributed by atoms with Gasteiger partial charge in [0, 0.05) is 16.6 Å². The second kappa shape index (κ2) is 5.35. The molecule has 1 saturated carbocycles. The number of benzene rings is 1. The standard InChI is InChI=1S/C15H18ClN3/c16-13-5-1-3-11(7-13)15-9-18-10-19(15)14-6-2-4-12(14)8-17/h1,3,5,7,9-10,12,14H,2,4,6,8,17H2. The average molecular weight is 276 g/mol. The highest BCUT2D eigenvalue weighted by atomic mass is 35.5. The lowest BCUT2D eigenvalue weighted by atomic mass is 10.0. The number of halogens is 1. The molecule has 2 unspecified atom stereocenters. The molecule has 0 spiro atoms. The summed E-state index contributed by atoms with van der Waals surface area (Å²) in [6.45, 7) is 0.748. The van der Waals surface area contributed by atoms with Gasteiger partial charge in [-0.05, 0) is 37.4 Å². The van der Waals surface area contributed by atoms with E-state index < -0.39 is 0 Å². The molecular weight excluding hydrogens is 258 g/mol. The highest BCUT2D eigenvalue weighted by molar-refractivity contribution is 6.30. The number of aromatic nitrogens is 2. The molecule has 0 aliphatic heterocycles. The first kappa shape index (κ1) is 12.7. The van der Waals surface area contributed by atoms with Crippen LogP contribution in [0.2, 0.25) is 5.02 Å². The van der Waals surface area contributed by atoms with Crippen molar-refractivity contribution >= 4 is 11.6 Å². The van der Waals surface area contributed by atoms with E-state index in [1.807, 2.05) is 30.7 Å². The predicted octanol–water partition coefficient (Wildman–Crippen LogP) is 3.50. The summed E-state index contributed by atoms with van der Waals surface area (Å²) in [5.41, 5.74) is 8.14. The van der Waals surface area contributed by atoms with Crippen LogP contribution in [0, 0.1) is 5.92 Å². The van der Waals surface area contributed by atoms with Crippen molar-refractivity contribution in [2.75, 3.05) is 6.54 Å². The summed E-state index contributed by atoms with van der Waals surface area (Å²) < 4.78 is 2.27. The van der Waals surface area contributed by atoms with E-state index in [2.05, 4.69) is 15.6 Å². The lowest BCUT2D eigenvalue weighted by Crippen LogP contribution is -2.21. The largest absolute Gasteiger partial charge is 0.330 e. The molecule has 0 saturated heterocycles. The highest BCUT2D eigenvalue weighted by Gasteiger charge is 2.28. The van der Waals surface area contributed by atoms with Crippen molar-refractivity contribution in [3.63, 3.8) is 0 Å². The molecule has 1 heterocycles. The second-order valence-electron chi connectivity index (χ2n) is 5.19. The van der Waals surface area contributed by atoms with E-state index in [1.165, 1.54) is 19.3 Å². The van der Waals surface area contributed by atoms with E-state index in [0.717, 1.165) is 22.8 Å². The van der Waals surface area contributed by atoms with Crippen LogP contribution in [-0.2, 0) is 0 Å². The monoisotopic (exact) mass is 275 g/mol. The lowest BCUT2D eigenvalue weighted by Gasteiger charge is -2.22. The Hall–Kier alpha value is -1.32. The molecule has 1 aliphatic rings. The zero-order valence-electron chi connectivity index (χ0n) is 10.8. The molecule has 19 heavy (non-hydrogen) atoms. The molecule has 1 aromatic heterocycles. The van der Waals surface area contributed by atoms with Gasteiger partial charge >= 0.3 is 0 Å². The number of hydrogen-bond acceptors (Lipinski definition) is 2. The molecule has 2 aromatic rings. The van der Waals surface area contributed by atoms with Crippen molar-refractivity contribution < 1.29 is 0 Å². The Kier molecular flexibility index (Phi) is 3.58. The molecule has 0 amide bonds. The fourth-order valence-electron chi connectivity index (χ4n) is 3.10. The molecular formula is C15H18ClN3. The Bertz CT molecular complexity index is 564. The summed E-state index contributed by atoms with van der Waals surface area (Å²) in [4.78, 5) is 4.32. The van der Waals surface area contributed by atoms with E-state index in [0.29, 0.717) is 12.0 Å². The third kappa shape index (κ3) is 2.40. The van der Waals surface area contributed by atoms with Gasteiger partial charge < -0.3 is 10.3 Å². The first-order valence-corrected chi connectivity index (χ1v) is 7.15. The van der Waals surface area contributed by atoms with Gasteiger partial charge in [-0.25, -0.2) is 4.98 Å². The fourth-order valence-corrected chi connectivity index (χ4v) is 3.29. The Morgan fingerprint density at radius 3 is 3.05 bits per heavy atom. The number of nitrogens with zero attached hydrogens (tertiary/aromatic N) is 2. The maximum atomic E-state index is 6.08. The molecule has 1 aromatic carbocycles. The van der Waals surface area contributed by atoms with Crippen LogP contribution in [0.1, 0.15) is 25.3 Å². The van der Waals surface area contributed by atoms with Gasteiger partial charge in [-0.3, -0.25) is 0 Å². The van der Waals surface area contributed by atoms with Crippen LogP contribution in [0.15, 0.2) is 36.8 Å². The maximum Gasteiger partial charge on any atom is 0.0953 e. The smallest absolute Gasteiger partial charge is 0.0953 e. The molecule has 0 radical (unpaired) electrons. The van der Waals surface area contributed by atoms with Gasteiger partial charge in [0.25, 0.3) is 0 Å². The number of rotatable bonds is 3. The summed E-state index contributed by atoms with van der Waals surface area (Å²) in [5, 5.41) is 0.757. The topological polar surface area (TPSA) is 43.8 Å². The molecule has 100 valence electrons. The van der Waals surface area contributed by atoms with Gasteiger partial charge in [0.05, 0.1) is 18.2 Å². The van der Waals surface area contributed by atoms with Crippen molar-refractivity contribution in [3.8, 4) is 11.3 Å². The Labute approximate surface area is 118 Å². The fraction of sp³-hybridized carbons (Fsp3) is 0.400. The Morgan fingerprint density at radius 1 is 1.37 bits per heavy atom. The van der Waals surface area contributed by atoms with Gasteiger partial charge in [-0.15, -0.1) is 0 Å². The van der Waals surface area contributed by atoms with Crippen molar-refractivity contribution in [2.45, 2.75) is 25.3 Å². The van der Waals surface area contributed by atoms with Crippen LogP contribution >= 0.6 is 11.6 Å². The van der Waals surface area contributed by atoms with Crippen LogP contribution in [0.4, 0.5) is 0 Å². The van der Waals surface area contributed by atoms with Crippen molar-refractivity contribution in [2.24, 2.45) is 11.7 Å². The van der Waals surface area contributed by atoms with E-state index >= 15 is 0 Å². The molecule has 2 N–H and O–H groups in total. The van der Waals surface area contributed by atoms with Gasteiger partial charge in [0.1, 0.15) is 0 Å². The van der Waals surface area contributed by atoms with Crippen molar-refractivity contribution in [1.82, 2.24) is 9.55 Å². The van der Waals surface area contributed by atoms with Crippen LogP contribution in [0.5, 0.6) is 0 Å². The Morgan fingerprint density at radius 2 is 2.26 bits per heavy atom. The zero-order chi connectivity index (χ0) is 13.2. The van der Waals surface area contributed by atoms with Crippen molar-refractivity contribution in [3.05, 3.63) is 41.8 Å². The minimum atomic E-state index is 0.474.